The third-order valence-corrected chi connectivity index (χ3v) is 3.19. The van der Waals surface area contributed by atoms with E-state index >= 15 is 0 Å². The SMILES string of the molecule is COC(=O)COc1cccc(CNC(=O)C2COCCN2)c1. The molecule has 1 aliphatic rings. The molecule has 7 nitrogen and oxygen atoms in total. The minimum atomic E-state index is -0.443. The highest BCUT2D eigenvalue weighted by molar-refractivity contribution is 5.82. The number of hydrogen-bond acceptors (Lipinski definition) is 6. The molecule has 1 heterocycles. The maximum Gasteiger partial charge on any atom is 0.343 e. The average Bonchev–Trinajstić information content (AvgIpc) is 2.58. The molecule has 1 atom stereocenters. The monoisotopic (exact) mass is 308 g/mol. The Kier molecular flexibility index (Phi) is 6.17. The fourth-order valence-electron chi connectivity index (χ4n) is 1.99. The van der Waals surface area contributed by atoms with E-state index in [-0.39, 0.29) is 18.6 Å². The van der Waals surface area contributed by atoms with Crippen molar-refractivity contribution in [1.29, 1.82) is 0 Å². The lowest BCUT2D eigenvalue weighted by molar-refractivity contribution is -0.142. The predicted octanol–water partition coefficient (Wildman–Crippen LogP) is -0.157. The van der Waals surface area contributed by atoms with Crippen LogP contribution in [0.1, 0.15) is 5.56 Å². The van der Waals surface area contributed by atoms with Gasteiger partial charge in [-0.05, 0) is 17.7 Å². The van der Waals surface area contributed by atoms with E-state index in [0.29, 0.717) is 32.1 Å². The Morgan fingerprint density at radius 3 is 3.05 bits per heavy atom. The van der Waals surface area contributed by atoms with Crippen LogP contribution in [0.2, 0.25) is 0 Å². The second-order valence-electron chi connectivity index (χ2n) is 4.81. The van der Waals surface area contributed by atoms with Crippen LogP contribution in [-0.2, 0) is 25.6 Å². The van der Waals surface area contributed by atoms with Gasteiger partial charge in [0.2, 0.25) is 5.91 Å². The van der Waals surface area contributed by atoms with Gasteiger partial charge < -0.3 is 24.8 Å². The minimum absolute atomic E-state index is 0.0967. The highest BCUT2D eigenvalue weighted by atomic mass is 16.6. The van der Waals surface area contributed by atoms with Crippen LogP contribution in [-0.4, -0.2) is 51.4 Å². The standard InChI is InChI=1S/C15H20N2O5/c1-20-14(18)10-22-12-4-2-3-11(7-12)8-17-15(19)13-9-21-6-5-16-13/h2-4,7,13,16H,5-6,8-10H2,1H3,(H,17,19). The van der Waals surface area contributed by atoms with Crippen molar-refractivity contribution in [3.8, 4) is 5.75 Å². The maximum absolute atomic E-state index is 12.0. The Balaban J connectivity index is 1.82. The zero-order valence-corrected chi connectivity index (χ0v) is 12.5. The van der Waals surface area contributed by atoms with E-state index in [1.807, 2.05) is 6.07 Å². The molecular weight excluding hydrogens is 288 g/mol. The molecule has 0 aromatic heterocycles. The van der Waals surface area contributed by atoms with Gasteiger partial charge in [0.1, 0.15) is 11.8 Å². The molecule has 0 saturated carbocycles. The molecule has 7 heteroatoms. The molecule has 1 amide bonds. The van der Waals surface area contributed by atoms with Crippen LogP contribution in [0.4, 0.5) is 0 Å². The molecule has 1 fully saturated rings. The van der Waals surface area contributed by atoms with Crippen molar-refractivity contribution in [2.45, 2.75) is 12.6 Å². The zero-order chi connectivity index (χ0) is 15.8. The van der Waals surface area contributed by atoms with Crippen molar-refractivity contribution in [3.63, 3.8) is 0 Å². The van der Waals surface area contributed by atoms with Crippen molar-refractivity contribution in [1.82, 2.24) is 10.6 Å². The number of carbonyl (C=O) groups is 2. The summed E-state index contributed by atoms with van der Waals surface area (Å²) in [5.41, 5.74) is 0.882. The fourth-order valence-corrected chi connectivity index (χ4v) is 1.99. The van der Waals surface area contributed by atoms with Gasteiger partial charge in [0.15, 0.2) is 6.61 Å². The second kappa shape index (κ2) is 8.35. The Morgan fingerprint density at radius 2 is 2.32 bits per heavy atom. The van der Waals surface area contributed by atoms with Crippen LogP contribution in [0.15, 0.2) is 24.3 Å². The summed E-state index contributed by atoms with van der Waals surface area (Å²) in [6.07, 6.45) is 0. The number of ether oxygens (including phenoxy) is 3. The Hall–Kier alpha value is -2.12. The highest BCUT2D eigenvalue weighted by Crippen LogP contribution is 2.13. The van der Waals surface area contributed by atoms with Crippen LogP contribution in [0.25, 0.3) is 0 Å². The molecule has 0 spiro atoms. The number of carbonyl (C=O) groups excluding carboxylic acids is 2. The average molecular weight is 308 g/mol. The van der Waals surface area contributed by atoms with Gasteiger partial charge in [-0.1, -0.05) is 12.1 Å². The predicted molar refractivity (Wildman–Crippen MR) is 78.4 cm³/mol. The van der Waals surface area contributed by atoms with Gasteiger partial charge in [-0.2, -0.15) is 0 Å². The summed E-state index contributed by atoms with van der Waals surface area (Å²) in [5.74, 6) is 0.0129. The van der Waals surface area contributed by atoms with Gasteiger partial charge in [-0.25, -0.2) is 4.79 Å². The quantitative estimate of drug-likeness (QED) is 0.711. The van der Waals surface area contributed by atoms with Gasteiger partial charge in [-0.15, -0.1) is 0 Å². The molecule has 0 radical (unpaired) electrons. The number of rotatable bonds is 6. The molecule has 1 aromatic carbocycles. The molecule has 1 saturated heterocycles. The van der Waals surface area contributed by atoms with E-state index in [1.165, 1.54) is 7.11 Å². The zero-order valence-electron chi connectivity index (χ0n) is 12.5. The topological polar surface area (TPSA) is 85.9 Å². The molecule has 0 bridgehead atoms. The van der Waals surface area contributed by atoms with Crippen LogP contribution in [0.3, 0.4) is 0 Å². The number of nitrogens with one attached hydrogen (secondary N) is 2. The van der Waals surface area contributed by atoms with Crippen molar-refractivity contribution < 1.29 is 23.8 Å². The molecule has 0 aliphatic carbocycles. The molecule has 1 unspecified atom stereocenters. The largest absolute Gasteiger partial charge is 0.482 e. The number of esters is 1. The summed E-state index contributed by atoms with van der Waals surface area (Å²) < 4.78 is 15.1. The van der Waals surface area contributed by atoms with E-state index in [0.717, 1.165) is 5.56 Å². The highest BCUT2D eigenvalue weighted by Gasteiger charge is 2.20. The van der Waals surface area contributed by atoms with Gasteiger partial charge in [0.25, 0.3) is 0 Å². The number of amides is 1. The lowest BCUT2D eigenvalue weighted by atomic mass is 10.2. The van der Waals surface area contributed by atoms with Crippen LogP contribution >= 0.6 is 0 Å². The van der Waals surface area contributed by atoms with E-state index < -0.39 is 5.97 Å². The summed E-state index contributed by atoms with van der Waals surface area (Å²) in [7, 11) is 1.31. The Labute approximate surface area is 128 Å². The van der Waals surface area contributed by atoms with E-state index in [1.54, 1.807) is 18.2 Å². The first-order valence-electron chi connectivity index (χ1n) is 7.06. The first-order chi connectivity index (χ1) is 10.7. The smallest absolute Gasteiger partial charge is 0.343 e. The number of morpholine rings is 1. The third-order valence-electron chi connectivity index (χ3n) is 3.19. The lowest BCUT2D eigenvalue weighted by Gasteiger charge is -2.22. The molecule has 120 valence electrons. The van der Waals surface area contributed by atoms with Crippen molar-refractivity contribution in [3.05, 3.63) is 29.8 Å². The van der Waals surface area contributed by atoms with E-state index in [4.69, 9.17) is 9.47 Å². The van der Waals surface area contributed by atoms with Gasteiger partial charge in [-0.3, -0.25) is 4.79 Å². The number of methoxy groups -OCH3 is 1. The lowest BCUT2D eigenvalue weighted by Crippen LogP contribution is -2.51. The summed E-state index contributed by atoms with van der Waals surface area (Å²) in [5, 5.41) is 5.94. The third kappa shape index (κ3) is 5.01. The van der Waals surface area contributed by atoms with Crippen LogP contribution in [0.5, 0.6) is 5.75 Å². The van der Waals surface area contributed by atoms with Crippen LogP contribution < -0.4 is 15.4 Å². The Morgan fingerprint density at radius 1 is 1.45 bits per heavy atom. The Bertz CT molecular complexity index is 514. The fraction of sp³-hybridized carbons (Fsp3) is 0.467. The molecule has 1 aliphatic heterocycles. The van der Waals surface area contributed by atoms with E-state index in [2.05, 4.69) is 15.4 Å². The normalized spacial score (nSPS) is 17.6. The number of benzene rings is 1. The van der Waals surface area contributed by atoms with Gasteiger partial charge in [0.05, 0.1) is 20.3 Å². The number of hydrogen-bond donors (Lipinski definition) is 2. The van der Waals surface area contributed by atoms with Gasteiger partial charge in [0, 0.05) is 13.1 Å². The van der Waals surface area contributed by atoms with Crippen molar-refractivity contribution in [2.75, 3.05) is 33.5 Å². The summed E-state index contributed by atoms with van der Waals surface area (Å²) in [6.45, 7) is 1.93. The summed E-state index contributed by atoms with van der Waals surface area (Å²) in [4.78, 5) is 23.0. The van der Waals surface area contributed by atoms with Crippen molar-refractivity contribution >= 4 is 11.9 Å². The maximum atomic E-state index is 12.0. The van der Waals surface area contributed by atoms with Crippen molar-refractivity contribution in [2.24, 2.45) is 0 Å². The first-order valence-corrected chi connectivity index (χ1v) is 7.06. The van der Waals surface area contributed by atoms with Crippen LogP contribution in [0, 0.1) is 0 Å². The second-order valence-corrected chi connectivity index (χ2v) is 4.81. The molecule has 1 aromatic rings. The summed E-state index contributed by atoms with van der Waals surface area (Å²) >= 11 is 0. The molecule has 22 heavy (non-hydrogen) atoms. The van der Waals surface area contributed by atoms with E-state index in [9.17, 15) is 9.59 Å². The molecule has 2 rings (SSSR count). The summed E-state index contributed by atoms with van der Waals surface area (Å²) in [6, 6.07) is 6.87. The van der Waals surface area contributed by atoms with Gasteiger partial charge >= 0.3 is 5.97 Å². The molecular formula is C15H20N2O5. The molecule has 2 N–H and O–H groups in total. The first kappa shape index (κ1) is 16.3. The minimum Gasteiger partial charge on any atom is -0.482 e.